The molecule has 0 unspecified atom stereocenters. The number of aromatic nitrogens is 4. The summed E-state index contributed by atoms with van der Waals surface area (Å²) in [5.74, 6) is 0. The summed E-state index contributed by atoms with van der Waals surface area (Å²) in [6, 6.07) is 8.79. The van der Waals surface area contributed by atoms with Crippen molar-refractivity contribution < 1.29 is 8.42 Å². The standard InChI is InChI=1S/C7H5ClN4O2S/c8-15(13,14)7-9-11-12(10-7)6-4-2-1-3-5-6/h1-5H. The first-order valence-electron chi connectivity index (χ1n) is 3.87. The average molecular weight is 245 g/mol. The van der Waals surface area contributed by atoms with E-state index in [1.807, 2.05) is 6.07 Å². The van der Waals surface area contributed by atoms with Crippen LogP contribution in [0, 0.1) is 0 Å². The van der Waals surface area contributed by atoms with Gasteiger partial charge < -0.3 is 0 Å². The molecule has 1 heterocycles. The number of nitrogens with zero attached hydrogens (tertiary/aromatic N) is 4. The lowest BCUT2D eigenvalue weighted by Crippen LogP contribution is -1.99. The van der Waals surface area contributed by atoms with Crippen molar-refractivity contribution in [1.82, 2.24) is 20.2 Å². The maximum Gasteiger partial charge on any atom is 0.304 e. The summed E-state index contributed by atoms with van der Waals surface area (Å²) in [6.07, 6.45) is 0. The smallest absolute Gasteiger partial charge is 0.203 e. The molecule has 0 atom stereocenters. The summed E-state index contributed by atoms with van der Waals surface area (Å²) < 4.78 is 21.7. The first-order chi connectivity index (χ1) is 7.07. The van der Waals surface area contributed by atoms with E-state index in [1.54, 1.807) is 24.3 Å². The number of para-hydroxylation sites is 1. The number of hydrogen-bond donors (Lipinski definition) is 0. The third-order valence-electron chi connectivity index (χ3n) is 1.60. The molecule has 0 saturated heterocycles. The highest BCUT2D eigenvalue weighted by atomic mass is 35.7. The Morgan fingerprint density at radius 1 is 1.20 bits per heavy atom. The predicted molar refractivity (Wildman–Crippen MR) is 52.2 cm³/mol. The molecule has 2 aromatic rings. The first-order valence-corrected chi connectivity index (χ1v) is 6.18. The van der Waals surface area contributed by atoms with Crippen molar-refractivity contribution in [2.24, 2.45) is 0 Å². The highest BCUT2D eigenvalue weighted by molar-refractivity contribution is 8.13. The second kappa shape index (κ2) is 3.59. The second-order valence-electron chi connectivity index (χ2n) is 2.63. The third-order valence-corrected chi connectivity index (χ3v) is 2.61. The molecule has 0 bridgehead atoms. The Hall–Kier alpha value is -1.47. The number of tetrazole rings is 1. The molecular weight excluding hydrogens is 240 g/mol. The quantitative estimate of drug-likeness (QED) is 0.723. The molecule has 0 amide bonds. The van der Waals surface area contributed by atoms with Crippen molar-refractivity contribution in [3.05, 3.63) is 30.3 Å². The molecule has 0 aliphatic heterocycles. The summed E-state index contributed by atoms with van der Waals surface area (Å²) in [6.45, 7) is 0. The maximum absolute atomic E-state index is 10.9. The van der Waals surface area contributed by atoms with Gasteiger partial charge in [-0.15, -0.1) is 9.90 Å². The van der Waals surface area contributed by atoms with Gasteiger partial charge in [-0.05, 0) is 17.3 Å². The van der Waals surface area contributed by atoms with Gasteiger partial charge in [-0.25, -0.2) is 8.42 Å². The largest absolute Gasteiger partial charge is 0.304 e. The normalized spacial score (nSPS) is 11.5. The van der Waals surface area contributed by atoms with Gasteiger partial charge in [-0.3, -0.25) is 0 Å². The Morgan fingerprint density at radius 2 is 1.87 bits per heavy atom. The fourth-order valence-corrected chi connectivity index (χ4v) is 1.46. The van der Waals surface area contributed by atoms with Crippen LogP contribution in [0.15, 0.2) is 35.5 Å². The van der Waals surface area contributed by atoms with E-state index in [2.05, 4.69) is 15.4 Å². The number of benzene rings is 1. The second-order valence-corrected chi connectivity index (χ2v) is 5.09. The lowest BCUT2D eigenvalue weighted by atomic mass is 10.3. The SMILES string of the molecule is O=S(=O)(Cl)c1nnn(-c2ccccc2)n1. The monoisotopic (exact) mass is 244 g/mol. The Bertz CT molecular complexity index is 566. The molecule has 0 fully saturated rings. The Morgan fingerprint density at radius 3 is 2.40 bits per heavy atom. The summed E-state index contributed by atoms with van der Waals surface area (Å²) in [5, 5.41) is 10.0. The van der Waals surface area contributed by atoms with Crippen LogP contribution in [0.5, 0.6) is 0 Å². The highest BCUT2D eigenvalue weighted by Crippen LogP contribution is 2.09. The van der Waals surface area contributed by atoms with Crippen molar-refractivity contribution in [3.63, 3.8) is 0 Å². The molecule has 0 aliphatic rings. The summed E-state index contributed by atoms with van der Waals surface area (Å²) in [7, 11) is 1.13. The molecule has 15 heavy (non-hydrogen) atoms. The van der Waals surface area contributed by atoms with E-state index in [9.17, 15) is 8.42 Å². The molecular formula is C7H5ClN4O2S. The molecule has 0 saturated carbocycles. The molecule has 2 rings (SSSR count). The number of rotatable bonds is 2. The van der Waals surface area contributed by atoms with E-state index in [0.29, 0.717) is 5.69 Å². The van der Waals surface area contributed by atoms with E-state index < -0.39 is 14.2 Å². The zero-order valence-corrected chi connectivity index (χ0v) is 8.85. The number of hydrogen-bond acceptors (Lipinski definition) is 5. The van der Waals surface area contributed by atoms with Gasteiger partial charge in [0.1, 0.15) is 0 Å². The van der Waals surface area contributed by atoms with E-state index >= 15 is 0 Å². The molecule has 8 heteroatoms. The van der Waals surface area contributed by atoms with Crippen LogP contribution in [-0.2, 0) is 9.05 Å². The minimum atomic E-state index is -3.92. The molecule has 78 valence electrons. The Kier molecular flexibility index (Phi) is 2.41. The van der Waals surface area contributed by atoms with Crippen LogP contribution >= 0.6 is 10.7 Å². The maximum atomic E-state index is 10.9. The fourth-order valence-electron chi connectivity index (χ4n) is 0.970. The molecule has 1 aromatic heterocycles. The van der Waals surface area contributed by atoms with Crippen molar-refractivity contribution in [1.29, 1.82) is 0 Å². The van der Waals surface area contributed by atoms with Crippen LogP contribution in [0.4, 0.5) is 0 Å². The van der Waals surface area contributed by atoms with Crippen molar-refractivity contribution in [2.45, 2.75) is 5.16 Å². The summed E-state index contributed by atoms with van der Waals surface area (Å²) in [5.41, 5.74) is 0.608. The van der Waals surface area contributed by atoms with Crippen LogP contribution in [0.3, 0.4) is 0 Å². The van der Waals surface area contributed by atoms with Gasteiger partial charge in [0.2, 0.25) is 0 Å². The van der Waals surface area contributed by atoms with Gasteiger partial charge in [0.15, 0.2) is 0 Å². The van der Waals surface area contributed by atoms with Gasteiger partial charge in [-0.1, -0.05) is 23.3 Å². The molecule has 1 aromatic carbocycles. The topological polar surface area (TPSA) is 77.7 Å². The predicted octanol–water partition coefficient (Wildman–Crippen LogP) is 0.590. The van der Waals surface area contributed by atoms with Gasteiger partial charge in [0.25, 0.3) is 9.05 Å². The first kappa shape index (κ1) is 10.1. The number of halogens is 1. The van der Waals surface area contributed by atoms with E-state index in [1.165, 1.54) is 0 Å². The zero-order chi connectivity index (χ0) is 10.9. The minimum absolute atomic E-state index is 0.506. The van der Waals surface area contributed by atoms with Gasteiger partial charge >= 0.3 is 5.16 Å². The molecule has 0 N–H and O–H groups in total. The van der Waals surface area contributed by atoms with E-state index in [-0.39, 0.29) is 0 Å². The van der Waals surface area contributed by atoms with Crippen LogP contribution < -0.4 is 0 Å². The molecule has 0 spiro atoms. The van der Waals surface area contributed by atoms with Crippen LogP contribution in [0.2, 0.25) is 0 Å². The summed E-state index contributed by atoms with van der Waals surface area (Å²) >= 11 is 0. The molecule has 0 radical (unpaired) electrons. The van der Waals surface area contributed by atoms with Crippen molar-refractivity contribution in [2.75, 3.05) is 0 Å². The molecule has 6 nitrogen and oxygen atoms in total. The summed E-state index contributed by atoms with van der Waals surface area (Å²) in [4.78, 5) is 1.09. The lowest BCUT2D eigenvalue weighted by Gasteiger charge is -1.94. The van der Waals surface area contributed by atoms with Crippen molar-refractivity contribution >= 4 is 19.7 Å². The third kappa shape index (κ3) is 2.13. The fraction of sp³-hybridized carbons (Fsp3) is 0. The van der Waals surface area contributed by atoms with Gasteiger partial charge in [0, 0.05) is 10.7 Å². The lowest BCUT2D eigenvalue weighted by molar-refractivity contribution is 0.600. The minimum Gasteiger partial charge on any atom is -0.203 e. The zero-order valence-electron chi connectivity index (χ0n) is 7.28. The van der Waals surface area contributed by atoms with E-state index in [4.69, 9.17) is 10.7 Å². The van der Waals surface area contributed by atoms with Crippen LogP contribution in [0.1, 0.15) is 0 Å². The highest BCUT2D eigenvalue weighted by Gasteiger charge is 2.17. The van der Waals surface area contributed by atoms with E-state index in [0.717, 1.165) is 4.80 Å². The van der Waals surface area contributed by atoms with Crippen LogP contribution in [0.25, 0.3) is 5.69 Å². The Balaban J connectivity index is 2.46. The van der Waals surface area contributed by atoms with Gasteiger partial charge in [-0.2, -0.15) is 0 Å². The van der Waals surface area contributed by atoms with Gasteiger partial charge in [0.05, 0.1) is 5.69 Å². The molecule has 0 aliphatic carbocycles. The average Bonchev–Trinajstić information content (AvgIpc) is 2.67. The van der Waals surface area contributed by atoms with Crippen molar-refractivity contribution in [3.8, 4) is 5.69 Å². The van der Waals surface area contributed by atoms with Crippen LogP contribution in [-0.4, -0.2) is 28.6 Å². The Labute approximate surface area is 89.9 Å².